The van der Waals surface area contributed by atoms with Gasteiger partial charge in [0.15, 0.2) is 0 Å². The van der Waals surface area contributed by atoms with Crippen molar-refractivity contribution in [1.82, 2.24) is 9.55 Å². The minimum absolute atomic E-state index is 0.774. The highest BCUT2D eigenvalue weighted by Gasteiger charge is 1.97. The Kier molecular flexibility index (Phi) is 2.55. The number of aryl methyl sites for hydroxylation is 1. The Morgan fingerprint density at radius 3 is 2.57 bits per heavy atom. The van der Waals surface area contributed by atoms with Crippen molar-refractivity contribution in [3.05, 3.63) is 53.1 Å². The molecule has 2 rings (SSSR count). The number of halogens is 1. The van der Waals surface area contributed by atoms with Crippen LogP contribution in [0.1, 0.15) is 11.3 Å². The maximum atomic E-state index is 5.81. The third-order valence-electron chi connectivity index (χ3n) is 2.19. The van der Waals surface area contributed by atoms with Crippen molar-refractivity contribution in [3.63, 3.8) is 0 Å². The first-order chi connectivity index (χ1) is 6.75. The van der Waals surface area contributed by atoms with Gasteiger partial charge in [-0.3, -0.25) is 0 Å². The molecule has 0 spiro atoms. The zero-order chi connectivity index (χ0) is 9.97. The normalized spacial score (nSPS) is 10.4. The lowest BCUT2D eigenvalue weighted by molar-refractivity contribution is 0.770. The largest absolute Gasteiger partial charge is 0.330 e. The van der Waals surface area contributed by atoms with Crippen LogP contribution < -0.4 is 0 Å². The van der Waals surface area contributed by atoms with E-state index in [4.69, 9.17) is 11.6 Å². The van der Waals surface area contributed by atoms with Crippen LogP contribution in [0.2, 0.25) is 5.02 Å². The number of rotatable bonds is 2. The second-order valence-electron chi connectivity index (χ2n) is 3.29. The van der Waals surface area contributed by atoms with E-state index in [2.05, 4.69) is 9.55 Å². The molecular weight excluding hydrogens is 196 g/mol. The third kappa shape index (κ3) is 1.96. The van der Waals surface area contributed by atoms with Gasteiger partial charge in [-0.2, -0.15) is 0 Å². The fourth-order valence-electron chi connectivity index (χ4n) is 1.34. The Balaban J connectivity index is 2.19. The van der Waals surface area contributed by atoms with Gasteiger partial charge >= 0.3 is 0 Å². The average molecular weight is 207 g/mol. The monoisotopic (exact) mass is 206 g/mol. The second-order valence-corrected chi connectivity index (χ2v) is 3.73. The van der Waals surface area contributed by atoms with Crippen LogP contribution in [0.4, 0.5) is 0 Å². The molecule has 0 saturated carbocycles. The van der Waals surface area contributed by atoms with Gasteiger partial charge in [0.05, 0.1) is 6.33 Å². The van der Waals surface area contributed by atoms with Gasteiger partial charge in [-0.15, -0.1) is 0 Å². The molecule has 0 aliphatic rings. The first kappa shape index (κ1) is 9.28. The van der Waals surface area contributed by atoms with E-state index in [-0.39, 0.29) is 0 Å². The van der Waals surface area contributed by atoms with E-state index < -0.39 is 0 Å². The van der Waals surface area contributed by atoms with E-state index >= 15 is 0 Å². The van der Waals surface area contributed by atoms with E-state index in [9.17, 15) is 0 Å². The highest BCUT2D eigenvalue weighted by atomic mass is 35.5. The molecule has 0 radical (unpaired) electrons. The van der Waals surface area contributed by atoms with Crippen LogP contribution in [0.15, 0.2) is 36.8 Å². The van der Waals surface area contributed by atoms with Crippen LogP contribution in [0.3, 0.4) is 0 Å². The van der Waals surface area contributed by atoms with Gasteiger partial charge in [0.1, 0.15) is 0 Å². The lowest BCUT2D eigenvalue weighted by atomic mass is 10.2. The molecule has 2 aromatic rings. The molecule has 72 valence electrons. The van der Waals surface area contributed by atoms with Crippen molar-refractivity contribution in [2.75, 3.05) is 0 Å². The summed E-state index contributed by atoms with van der Waals surface area (Å²) in [6.07, 6.45) is 3.69. The number of hydrogen-bond acceptors (Lipinski definition) is 1. The highest BCUT2D eigenvalue weighted by Crippen LogP contribution is 2.11. The summed E-state index contributed by atoms with van der Waals surface area (Å²) in [5.74, 6) is 0. The van der Waals surface area contributed by atoms with Gasteiger partial charge in [-0.1, -0.05) is 23.7 Å². The molecule has 1 aromatic carbocycles. The molecule has 0 atom stereocenters. The van der Waals surface area contributed by atoms with Crippen molar-refractivity contribution < 1.29 is 0 Å². The lowest BCUT2D eigenvalue weighted by Gasteiger charge is -2.04. The quantitative estimate of drug-likeness (QED) is 0.739. The molecule has 0 aliphatic heterocycles. The molecule has 0 saturated heterocycles. The maximum absolute atomic E-state index is 5.81. The standard InChI is InChI=1S/C11H11ClN2/c1-9-6-13-8-14(9)7-10-2-4-11(12)5-3-10/h2-6,8H,7H2,1H3. The van der Waals surface area contributed by atoms with Gasteiger partial charge in [0.25, 0.3) is 0 Å². The molecule has 0 aliphatic carbocycles. The van der Waals surface area contributed by atoms with Crippen LogP contribution in [-0.4, -0.2) is 9.55 Å². The van der Waals surface area contributed by atoms with Crippen LogP contribution in [0.5, 0.6) is 0 Å². The van der Waals surface area contributed by atoms with Gasteiger partial charge in [-0.25, -0.2) is 4.98 Å². The molecule has 3 heteroatoms. The molecule has 0 fully saturated rings. The number of imidazole rings is 1. The summed E-state index contributed by atoms with van der Waals surface area (Å²) in [5, 5.41) is 0.774. The fraction of sp³-hybridized carbons (Fsp3) is 0.182. The van der Waals surface area contributed by atoms with E-state index in [0.717, 1.165) is 11.6 Å². The number of nitrogens with zero attached hydrogens (tertiary/aromatic N) is 2. The molecule has 0 bridgehead atoms. The first-order valence-corrected chi connectivity index (χ1v) is 4.84. The zero-order valence-corrected chi connectivity index (χ0v) is 8.70. The Morgan fingerprint density at radius 1 is 1.29 bits per heavy atom. The average Bonchev–Trinajstić information content (AvgIpc) is 2.56. The first-order valence-electron chi connectivity index (χ1n) is 4.47. The van der Waals surface area contributed by atoms with E-state index in [1.165, 1.54) is 11.3 Å². The predicted molar refractivity (Wildman–Crippen MR) is 57.5 cm³/mol. The summed E-state index contributed by atoms with van der Waals surface area (Å²) >= 11 is 5.81. The molecular formula is C11H11ClN2. The summed E-state index contributed by atoms with van der Waals surface area (Å²) in [6.45, 7) is 2.89. The number of benzene rings is 1. The van der Waals surface area contributed by atoms with Crippen molar-refractivity contribution in [1.29, 1.82) is 0 Å². The molecule has 1 aromatic heterocycles. The Morgan fingerprint density at radius 2 is 2.00 bits per heavy atom. The van der Waals surface area contributed by atoms with Crippen molar-refractivity contribution in [2.45, 2.75) is 13.5 Å². The summed E-state index contributed by atoms with van der Waals surface area (Å²) in [5.41, 5.74) is 2.40. The maximum Gasteiger partial charge on any atom is 0.0951 e. The highest BCUT2D eigenvalue weighted by molar-refractivity contribution is 6.30. The topological polar surface area (TPSA) is 17.8 Å². The molecule has 0 amide bonds. The fourth-order valence-corrected chi connectivity index (χ4v) is 1.46. The Hall–Kier alpha value is -1.28. The van der Waals surface area contributed by atoms with Gasteiger partial charge < -0.3 is 4.57 Å². The molecule has 0 unspecified atom stereocenters. The third-order valence-corrected chi connectivity index (χ3v) is 2.44. The molecule has 2 nitrogen and oxygen atoms in total. The Bertz CT molecular complexity index is 417. The van der Waals surface area contributed by atoms with Crippen LogP contribution in [0, 0.1) is 6.92 Å². The van der Waals surface area contributed by atoms with Gasteiger partial charge in [-0.05, 0) is 24.6 Å². The Labute approximate surface area is 88.2 Å². The molecule has 1 heterocycles. The summed E-state index contributed by atoms with van der Waals surface area (Å²) in [6, 6.07) is 7.87. The smallest absolute Gasteiger partial charge is 0.0951 e. The molecule has 14 heavy (non-hydrogen) atoms. The lowest BCUT2D eigenvalue weighted by Crippen LogP contribution is -1.99. The zero-order valence-electron chi connectivity index (χ0n) is 7.94. The van der Waals surface area contributed by atoms with E-state index in [1.807, 2.05) is 43.7 Å². The van der Waals surface area contributed by atoms with Gasteiger partial charge in [0, 0.05) is 23.5 Å². The summed E-state index contributed by atoms with van der Waals surface area (Å²) in [4.78, 5) is 4.07. The minimum atomic E-state index is 0.774. The van der Waals surface area contributed by atoms with Crippen LogP contribution in [-0.2, 0) is 6.54 Å². The van der Waals surface area contributed by atoms with E-state index in [0.29, 0.717) is 0 Å². The second kappa shape index (κ2) is 3.84. The number of hydrogen-bond donors (Lipinski definition) is 0. The van der Waals surface area contributed by atoms with E-state index in [1.54, 1.807) is 0 Å². The van der Waals surface area contributed by atoms with Crippen molar-refractivity contribution in [2.24, 2.45) is 0 Å². The van der Waals surface area contributed by atoms with Crippen LogP contribution in [0.25, 0.3) is 0 Å². The summed E-state index contributed by atoms with van der Waals surface area (Å²) < 4.78 is 2.10. The minimum Gasteiger partial charge on any atom is -0.330 e. The predicted octanol–water partition coefficient (Wildman–Crippen LogP) is 2.89. The van der Waals surface area contributed by atoms with Crippen molar-refractivity contribution >= 4 is 11.6 Å². The van der Waals surface area contributed by atoms with Crippen molar-refractivity contribution in [3.8, 4) is 0 Å². The summed E-state index contributed by atoms with van der Waals surface area (Å²) in [7, 11) is 0. The number of aromatic nitrogens is 2. The van der Waals surface area contributed by atoms with Crippen LogP contribution >= 0.6 is 11.6 Å². The SMILES string of the molecule is Cc1cncn1Cc1ccc(Cl)cc1. The molecule has 0 N–H and O–H groups in total. The van der Waals surface area contributed by atoms with Gasteiger partial charge in [0.2, 0.25) is 0 Å².